The normalized spacial score (nSPS) is 33.2. The average molecular weight is 643 g/mol. The van der Waals surface area contributed by atoms with Gasteiger partial charge in [0, 0.05) is 25.6 Å². The molecule has 22 heteroatoms. The number of anilines is 2. The lowest BCUT2D eigenvalue weighted by Gasteiger charge is -2.25. The summed E-state index contributed by atoms with van der Waals surface area (Å²) in [6, 6.07) is 0. The molecule has 0 saturated carbocycles. The maximum Gasteiger partial charge on any atom is 0.472 e. The lowest BCUT2D eigenvalue weighted by atomic mass is 10.2. The summed E-state index contributed by atoms with van der Waals surface area (Å²) in [6.07, 6.45) is -1.61. The van der Waals surface area contributed by atoms with Crippen molar-refractivity contribution in [1.82, 2.24) is 38.8 Å². The first kappa shape index (κ1) is 28.4. The third-order valence-electron chi connectivity index (χ3n) is 7.34. The van der Waals surface area contributed by atoms with Crippen molar-refractivity contribution in [2.24, 2.45) is 0 Å². The number of fused-ring (bicyclic) bond motifs is 4. The van der Waals surface area contributed by atoms with Crippen LogP contribution in [-0.4, -0.2) is 84.9 Å². The fraction of sp³-hybridized carbons (Fsp3) is 0.476. The lowest BCUT2D eigenvalue weighted by molar-refractivity contribution is -0.0467. The summed E-state index contributed by atoms with van der Waals surface area (Å²) in [5, 5.41) is -0.0406. The second-order valence-electron chi connectivity index (χ2n) is 10.0. The molecule has 1 unspecified atom stereocenters. The van der Waals surface area contributed by atoms with Crippen molar-refractivity contribution in [2.45, 2.75) is 49.7 Å². The maximum absolute atomic E-state index is 14.7. The van der Waals surface area contributed by atoms with Crippen LogP contribution in [0.2, 0.25) is 0 Å². The zero-order chi connectivity index (χ0) is 30.1. The number of nitrogens with one attached hydrogen (secondary N) is 1. The molecule has 3 saturated heterocycles. The second-order valence-corrected chi connectivity index (χ2v) is 12.8. The number of rotatable bonds is 2. The molecule has 3 aliphatic rings. The van der Waals surface area contributed by atoms with Gasteiger partial charge in [-0.1, -0.05) is 0 Å². The highest BCUT2D eigenvalue weighted by molar-refractivity contribution is 7.84. The lowest BCUT2D eigenvalue weighted by Crippen LogP contribution is -2.42. The van der Waals surface area contributed by atoms with E-state index in [0.29, 0.717) is 11.2 Å². The molecular formula is C21H24FN10O9PS. The number of halogens is 1. The second kappa shape index (κ2) is 10.4. The van der Waals surface area contributed by atoms with E-state index in [1.165, 1.54) is 21.8 Å². The summed E-state index contributed by atoms with van der Waals surface area (Å²) in [4.78, 5) is 30.7. The van der Waals surface area contributed by atoms with E-state index in [9.17, 15) is 22.3 Å². The molecule has 3 fully saturated rings. The molecule has 19 nitrogen and oxygen atoms in total. The van der Waals surface area contributed by atoms with Crippen LogP contribution in [0.3, 0.4) is 0 Å². The predicted octanol–water partition coefficient (Wildman–Crippen LogP) is -0.115. The number of ether oxygens (including phenoxy) is 2. The maximum atomic E-state index is 14.7. The standard InChI is InChI=1S/C21H24FN10O9PS/c22-9-4-31(20-16(9)18(23)25-6-27-20)14-2-11-13(39-14)5-37-42(33,34)40-10-1-15(38-12(10)3-30-43(35,36)41-11)32-8-29-17-19(24)26-7-28-21(17)32/h4,6-8,10-15,30H,1-3,5H2,(H,33,34)(H2,23,25,27)(H2,24,26,28)/t10-,11-,12+,13+,14+,15+/m0/s1. The summed E-state index contributed by atoms with van der Waals surface area (Å²) in [7, 11) is -9.18. The first-order valence-corrected chi connectivity index (χ1v) is 15.7. The van der Waals surface area contributed by atoms with Crippen LogP contribution in [-0.2, 0) is 37.6 Å². The molecular weight excluding hydrogens is 618 g/mol. The van der Waals surface area contributed by atoms with Crippen LogP contribution in [0, 0.1) is 5.82 Å². The summed E-state index contributed by atoms with van der Waals surface area (Å²) in [6.45, 7) is -0.994. The number of nitrogens with zero attached hydrogens (tertiary/aromatic N) is 7. The van der Waals surface area contributed by atoms with Crippen molar-refractivity contribution in [3.8, 4) is 0 Å². The van der Waals surface area contributed by atoms with Gasteiger partial charge in [0.05, 0.1) is 18.3 Å². The van der Waals surface area contributed by atoms with Gasteiger partial charge in [-0.05, 0) is 0 Å². The van der Waals surface area contributed by atoms with Gasteiger partial charge in [0.2, 0.25) is 0 Å². The van der Waals surface area contributed by atoms with Crippen molar-refractivity contribution < 1.29 is 45.0 Å². The van der Waals surface area contributed by atoms with Gasteiger partial charge in [0.25, 0.3) is 0 Å². The smallest absolute Gasteiger partial charge is 0.383 e. The zero-order valence-corrected chi connectivity index (χ0v) is 23.5. The van der Waals surface area contributed by atoms with Gasteiger partial charge in [0.1, 0.15) is 60.9 Å². The van der Waals surface area contributed by atoms with Crippen molar-refractivity contribution in [1.29, 1.82) is 0 Å². The molecule has 7 rings (SSSR count). The van der Waals surface area contributed by atoms with E-state index >= 15 is 0 Å². The molecule has 0 spiro atoms. The van der Waals surface area contributed by atoms with E-state index in [-0.39, 0.29) is 35.5 Å². The van der Waals surface area contributed by atoms with Crippen LogP contribution < -0.4 is 16.2 Å². The van der Waals surface area contributed by atoms with E-state index in [4.69, 9.17) is 34.2 Å². The van der Waals surface area contributed by atoms with Gasteiger partial charge in [-0.2, -0.15) is 13.1 Å². The van der Waals surface area contributed by atoms with Crippen LogP contribution in [0.5, 0.6) is 0 Å². The largest absolute Gasteiger partial charge is 0.472 e. The van der Waals surface area contributed by atoms with Crippen LogP contribution in [0.4, 0.5) is 16.0 Å². The third-order valence-corrected chi connectivity index (χ3v) is 9.38. The first-order chi connectivity index (χ1) is 20.5. The van der Waals surface area contributed by atoms with Gasteiger partial charge in [-0.25, -0.2) is 33.9 Å². The van der Waals surface area contributed by atoms with Crippen molar-refractivity contribution in [3.63, 3.8) is 0 Å². The fourth-order valence-electron chi connectivity index (χ4n) is 5.40. The van der Waals surface area contributed by atoms with E-state index < -0.39 is 74.0 Å². The van der Waals surface area contributed by atoms with Crippen LogP contribution in [0.25, 0.3) is 22.2 Å². The zero-order valence-electron chi connectivity index (χ0n) is 21.8. The van der Waals surface area contributed by atoms with Crippen molar-refractivity contribution in [2.75, 3.05) is 24.6 Å². The number of phosphoric ester groups is 1. The Morgan fingerprint density at radius 3 is 2.47 bits per heavy atom. The van der Waals surface area contributed by atoms with E-state index in [1.807, 2.05) is 0 Å². The Bertz CT molecular complexity index is 1870. The Labute approximate surface area is 241 Å². The molecule has 0 aromatic carbocycles. The molecule has 4 aromatic heterocycles. The quantitative estimate of drug-likeness (QED) is 0.208. The highest BCUT2D eigenvalue weighted by atomic mass is 32.2. The van der Waals surface area contributed by atoms with E-state index in [1.54, 1.807) is 0 Å². The van der Waals surface area contributed by atoms with E-state index in [0.717, 1.165) is 12.5 Å². The van der Waals surface area contributed by atoms with Gasteiger partial charge < -0.3 is 30.4 Å². The van der Waals surface area contributed by atoms with Gasteiger partial charge >= 0.3 is 18.1 Å². The summed E-state index contributed by atoms with van der Waals surface area (Å²) in [5.41, 5.74) is 12.4. The number of hydrogen-bond donors (Lipinski definition) is 4. The number of nitrogen functional groups attached to an aromatic ring is 2. The summed E-state index contributed by atoms with van der Waals surface area (Å²) in [5.74, 6) is -0.666. The Morgan fingerprint density at radius 2 is 1.65 bits per heavy atom. The third kappa shape index (κ3) is 5.21. The molecule has 0 aliphatic carbocycles. The highest BCUT2D eigenvalue weighted by Crippen LogP contribution is 2.49. The molecule has 7 heterocycles. The Hall–Kier alpha value is -3.40. The topological polar surface area (TPSA) is 256 Å². The monoisotopic (exact) mass is 642 g/mol. The summed E-state index contributed by atoms with van der Waals surface area (Å²) >= 11 is 0. The number of aromatic nitrogens is 7. The van der Waals surface area contributed by atoms with Crippen LogP contribution in [0.15, 0.2) is 25.2 Å². The molecule has 3 aliphatic heterocycles. The Morgan fingerprint density at radius 1 is 0.953 bits per heavy atom. The molecule has 7 atom stereocenters. The van der Waals surface area contributed by atoms with E-state index in [2.05, 4.69) is 29.6 Å². The Balaban J connectivity index is 1.13. The highest BCUT2D eigenvalue weighted by Gasteiger charge is 2.46. The number of hydrogen-bond acceptors (Lipinski definition) is 15. The van der Waals surface area contributed by atoms with Crippen LogP contribution >= 0.6 is 7.82 Å². The first-order valence-electron chi connectivity index (χ1n) is 12.8. The van der Waals surface area contributed by atoms with Crippen molar-refractivity contribution >= 4 is 52.0 Å². The number of imidazole rings is 1. The number of nitrogens with two attached hydrogens (primary N) is 2. The molecule has 0 bridgehead atoms. The van der Waals surface area contributed by atoms with Gasteiger partial charge in [0.15, 0.2) is 22.9 Å². The minimum atomic E-state index is -4.75. The molecule has 4 aromatic rings. The molecule has 0 amide bonds. The summed E-state index contributed by atoms with van der Waals surface area (Å²) < 4.78 is 86.8. The minimum absolute atomic E-state index is 0.00157. The molecule has 6 N–H and O–H groups in total. The van der Waals surface area contributed by atoms with Gasteiger partial charge in [-0.3, -0.25) is 17.8 Å². The molecule has 0 radical (unpaired) electrons. The van der Waals surface area contributed by atoms with Gasteiger partial charge in [-0.15, -0.1) is 0 Å². The molecule has 43 heavy (non-hydrogen) atoms. The number of phosphoric acid groups is 1. The van der Waals surface area contributed by atoms with Crippen LogP contribution in [0.1, 0.15) is 25.3 Å². The molecule has 230 valence electrons. The average Bonchev–Trinajstić information content (AvgIpc) is 3.71. The Kier molecular flexibility index (Phi) is 6.83. The minimum Gasteiger partial charge on any atom is -0.383 e. The van der Waals surface area contributed by atoms with Crippen molar-refractivity contribution in [3.05, 3.63) is 31.0 Å². The predicted molar refractivity (Wildman–Crippen MR) is 141 cm³/mol. The SMILES string of the molecule is Nc1ncnc2c1ncn2[C@H]1C[C@@H]2OP(=O)(O)OC[C@H]3O[C@@H](n4cc(F)c5c(N)ncnc54)C[C@@H]3OS(=O)(=O)NC[C@H]2O1. The fourth-order valence-corrected chi connectivity index (χ4v) is 7.32.